The van der Waals surface area contributed by atoms with Crippen LogP contribution in [0.2, 0.25) is 18.1 Å². The number of hydrogen-bond donors (Lipinski definition) is 0. The molecule has 0 N–H and O–H groups in total. The predicted molar refractivity (Wildman–Crippen MR) is 126 cm³/mol. The first kappa shape index (κ1) is 26.2. The van der Waals surface area contributed by atoms with Crippen LogP contribution in [0, 0.1) is 0 Å². The molecule has 2 atom stereocenters. The lowest BCUT2D eigenvalue weighted by Gasteiger charge is -2.38. The number of rotatable bonds is 5. The summed E-state index contributed by atoms with van der Waals surface area (Å²) in [6.45, 7) is 21.1. The van der Waals surface area contributed by atoms with Crippen molar-refractivity contribution in [2.75, 3.05) is 13.6 Å². The van der Waals surface area contributed by atoms with Crippen LogP contribution in [0.15, 0.2) is 27.2 Å². The van der Waals surface area contributed by atoms with E-state index in [1.807, 2.05) is 20.8 Å². The first-order chi connectivity index (χ1) is 13.0. The molecule has 0 bridgehead atoms. The summed E-state index contributed by atoms with van der Waals surface area (Å²) in [5.41, 5.74) is -0.0446. The molecule has 0 aromatic rings. The summed E-state index contributed by atoms with van der Waals surface area (Å²) in [6.07, 6.45) is 1.53. The van der Waals surface area contributed by atoms with E-state index >= 15 is 0 Å². The number of likely N-dealkylation sites (tertiary alicyclic amines) is 1. The maximum absolute atomic E-state index is 12.9. The molecule has 0 aromatic heterocycles. The van der Waals surface area contributed by atoms with Crippen LogP contribution in [0.1, 0.15) is 48.0 Å². The zero-order chi connectivity index (χ0) is 22.8. The zero-order valence-corrected chi connectivity index (χ0v) is 21.7. The van der Waals surface area contributed by atoms with Crippen LogP contribution in [0.5, 0.6) is 0 Å². The fourth-order valence-electron chi connectivity index (χ4n) is 2.80. The lowest BCUT2D eigenvalue weighted by Crippen LogP contribution is -2.45. The van der Waals surface area contributed by atoms with Crippen LogP contribution in [-0.2, 0) is 9.16 Å². The summed E-state index contributed by atoms with van der Waals surface area (Å²) < 4.78 is 12.2. The summed E-state index contributed by atoms with van der Waals surface area (Å²) >= 11 is 12.7. The minimum absolute atomic E-state index is 0.0668. The molecule has 8 heteroatoms. The van der Waals surface area contributed by atoms with Gasteiger partial charge in [0.15, 0.2) is 8.32 Å². The van der Waals surface area contributed by atoms with E-state index in [9.17, 15) is 4.79 Å². The van der Waals surface area contributed by atoms with Gasteiger partial charge < -0.3 is 9.16 Å². The smallest absolute Gasteiger partial charge is 0.410 e. The number of nitrogens with zero attached hydrogens (tertiary/aromatic N) is 2. The SMILES string of the molecule is C=C(/C(Cl)=C(/Cl)C=NC)[C@@H]1CC(O[Si](C)(C)C(C)(C)C)CN1C(=O)OC(C)(C)C. The Labute approximate surface area is 187 Å². The summed E-state index contributed by atoms with van der Waals surface area (Å²) in [5.74, 6) is 0. The molecule has 166 valence electrons. The Balaban J connectivity index is 3.19. The summed E-state index contributed by atoms with van der Waals surface area (Å²) in [5, 5.41) is 0.651. The third kappa shape index (κ3) is 7.12. The van der Waals surface area contributed by atoms with Crippen molar-refractivity contribution in [2.45, 2.75) is 83.8 Å². The highest BCUT2D eigenvalue weighted by Crippen LogP contribution is 2.40. The lowest BCUT2D eigenvalue weighted by atomic mass is 10.1. The lowest BCUT2D eigenvalue weighted by molar-refractivity contribution is 0.0233. The van der Waals surface area contributed by atoms with Gasteiger partial charge >= 0.3 is 6.09 Å². The molecule has 5 nitrogen and oxygen atoms in total. The number of carbonyl (C=O) groups excluding carboxylic acids is 1. The van der Waals surface area contributed by atoms with Crippen LogP contribution in [0.4, 0.5) is 4.79 Å². The highest BCUT2D eigenvalue weighted by Gasteiger charge is 2.45. The van der Waals surface area contributed by atoms with E-state index in [-0.39, 0.29) is 22.2 Å². The van der Waals surface area contributed by atoms with Crippen molar-refractivity contribution in [3.05, 3.63) is 22.2 Å². The Kier molecular flexibility index (Phi) is 8.62. The summed E-state index contributed by atoms with van der Waals surface area (Å²) in [4.78, 5) is 18.4. The molecule has 1 aliphatic rings. The highest BCUT2D eigenvalue weighted by atomic mass is 35.5. The molecule has 1 unspecified atom stereocenters. The van der Waals surface area contributed by atoms with E-state index < -0.39 is 20.0 Å². The first-order valence-electron chi connectivity index (χ1n) is 9.84. The quantitative estimate of drug-likeness (QED) is 0.272. The second-order valence-corrected chi connectivity index (χ2v) is 15.5. The van der Waals surface area contributed by atoms with E-state index in [0.29, 0.717) is 23.6 Å². The molecular weight excluding hydrogens is 427 g/mol. The van der Waals surface area contributed by atoms with Gasteiger partial charge in [-0.05, 0) is 50.9 Å². The topological polar surface area (TPSA) is 51.1 Å². The average molecular weight is 464 g/mol. The number of halogens is 2. The second kappa shape index (κ2) is 9.54. The van der Waals surface area contributed by atoms with Crippen molar-refractivity contribution in [2.24, 2.45) is 4.99 Å². The van der Waals surface area contributed by atoms with E-state index in [2.05, 4.69) is 45.4 Å². The third-order valence-electron chi connectivity index (χ3n) is 5.29. The van der Waals surface area contributed by atoms with Gasteiger partial charge in [0.05, 0.1) is 22.2 Å². The van der Waals surface area contributed by atoms with Crippen molar-refractivity contribution in [3.8, 4) is 0 Å². The van der Waals surface area contributed by atoms with Crippen molar-refractivity contribution >= 4 is 43.8 Å². The van der Waals surface area contributed by atoms with Crippen LogP contribution in [0.3, 0.4) is 0 Å². The minimum atomic E-state index is -2.01. The number of allylic oxidation sites excluding steroid dienone is 1. The van der Waals surface area contributed by atoms with E-state index in [1.54, 1.807) is 11.9 Å². The molecule has 1 fully saturated rings. The van der Waals surface area contributed by atoms with Crippen molar-refractivity contribution in [3.63, 3.8) is 0 Å². The zero-order valence-electron chi connectivity index (χ0n) is 19.2. The van der Waals surface area contributed by atoms with E-state index in [1.165, 1.54) is 6.21 Å². The fourth-order valence-corrected chi connectivity index (χ4v) is 4.55. The Bertz CT molecular complexity index is 691. The number of hydrogen-bond acceptors (Lipinski definition) is 4. The van der Waals surface area contributed by atoms with Gasteiger partial charge in [-0.1, -0.05) is 50.6 Å². The monoisotopic (exact) mass is 462 g/mol. The summed E-state index contributed by atoms with van der Waals surface area (Å²) in [6, 6.07) is -0.355. The molecule has 0 radical (unpaired) electrons. The van der Waals surface area contributed by atoms with Crippen LogP contribution in [-0.4, -0.2) is 56.9 Å². The molecule has 0 saturated carbocycles. The predicted octanol–water partition coefficient (Wildman–Crippen LogP) is 6.33. The van der Waals surface area contributed by atoms with Crippen molar-refractivity contribution in [1.29, 1.82) is 0 Å². The highest BCUT2D eigenvalue weighted by molar-refractivity contribution is 6.74. The molecule has 1 heterocycles. The Morgan fingerprint density at radius 2 is 1.76 bits per heavy atom. The second-order valence-electron chi connectivity index (χ2n) is 9.96. The van der Waals surface area contributed by atoms with Gasteiger partial charge in [0, 0.05) is 19.8 Å². The molecule has 29 heavy (non-hydrogen) atoms. The normalized spacial score (nSPS) is 22.1. The van der Waals surface area contributed by atoms with Gasteiger partial charge in [-0.25, -0.2) is 4.79 Å². The van der Waals surface area contributed by atoms with Crippen LogP contribution in [0.25, 0.3) is 0 Å². The van der Waals surface area contributed by atoms with Crippen molar-refractivity contribution in [1.82, 2.24) is 4.90 Å². The summed E-state index contributed by atoms with van der Waals surface area (Å²) in [7, 11) is -0.396. The van der Waals surface area contributed by atoms with Gasteiger partial charge in [-0.15, -0.1) is 0 Å². The fraction of sp³-hybridized carbons (Fsp3) is 0.714. The number of carbonyl (C=O) groups is 1. The molecule has 1 rings (SSSR count). The Morgan fingerprint density at radius 3 is 2.21 bits per heavy atom. The first-order valence-corrected chi connectivity index (χ1v) is 13.5. The van der Waals surface area contributed by atoms with Gasteiger partial charge in [0.1, 0.15) is 5.60 Å². The standard InChI is InChI=1S/C21H36Cl2N2O3Si/c1-14(18(23)16(22)12-24-8)17-11-15(28-29(9,10)21(5,6)7)13-25(17)19(26)27-20(2,3)4/h12,15,17H,1,11,13H2,2-10H3/b18-16-,24-12?/t15?,17-/m0/s1. The maximum Gasteiger partial charge on any atom is 0.410 e. The van der Waals surface area contributed by atoms with Crippen molar-refractivity contribution < 1.29 is 14.0 Å². The van der Waals surface area contributed by atoms with Gasteiger partial charge in [-0.2, -0.15) is 0 Å². The molecule has 0 spiro atoms. The van der Waals surface area contributed by atoms with Gasteiger partial charge in [-0.3, -0.25) is 9.89 Å². The van der Waals surface area contributed by atoms with Crippen LogP contribution < -0.4 is 0 Å². The van der Waals surface area contributed by atoms with Gasteiger partial charge in [0.2, 0.25) is 0 Å². The Morgan fingerprint density at radius 1 is 1.21 bits per heavy atom. The molecule has 1 saturated heterocycles. The van der Waals surface area contributed by atoms with E-state index in [0.717, 1.165) is 0 Å². The third-order valence-corrected chi connectivity index (χ3v) is 10.7. The van der Waals surface area contributed by atoms with Crippen LogP contribution >= 0.6 is 23.2 Å². The van der Waals surface area contributed by atoms with Gasteiger partial charge in [0.25, 0.3) is 0 Å². The minimum Gasteiger partial charge on any atom is -0.444 e. The number of ether oxygens (including phenoxy) is 1. The van der Waals surface area contributed by atoms with E-state index in [4.69, 9.17) is 32.4 Å². The molecular formula is C21H36Cl2N2O3Si. The largest absolute Gasteiger partial charge is 0.444 e. The number of amides is 1. The molecule has 1 amide bonds. The molecule has 0 aromatic carbocycles. The average Bonchev–Trinajstić information content (AvgIpc) is 2.94. The number of aliphatic imine (C=N–C) groups is 1. The maximum atomic E-state index is 12.9. The molecule has 0 aliphatic carbocycles. The Hall–Kier alpha value is -0.823. The molecule has 1 aliphatic heterocycles.